The first kappa shape index (κ1) is 36.4. The molecule has 0 aliphatic heterocycles. The van der Waals surface area contributed by atoms with Crippen LogP contribution in [0.25, 0.3) is 0 Å². The molecule has 0 atom stereocenters. The second-order valence-electron chi connectivity index (χ2n) is 2.77. The van der Waals surface area contributed by atoms with Gasteiger partial charge in [-0.25, -0.2) is 4.79 Å². The lowest BCUT2D eigenvalue weighted by atomic mass is 10.6. The average Bonchev–Trinajstić information content (AvgIpc) is 2.17. The minimum atomic E-state index is -4.16. The topological polar surface area (TPSA) is 219 Å². The molecule has 12 heteroatoms. The smallest absolute Gasteiger partial charge is 0.397 e. The van der Waals surface area contributed by atoms with E-state index < -0.39 is 10.4 Å². The molecule has 0 unspecified atom stereocenters. The van der Waals surface area contributed by atoms with Crippen molar-refractivity contribution in [1.29, 1.82) is 0 Å². The number of hydrogen-bond acceptors (Lipinski definition) is 6. The van der Waals surface area contributed by atoms with Crippen LogP contribution in [0.2, 0.25) is 0 Å². The van der Waals surface area contributed by atoms with E-state index >= 15 is 0 Å². The number of ether oxygens (including phenoxy) is 1. The fraction of sp³-hybridized carbons (Fsp3) is 0.625. The number of hydrogen-bond donors (Lipinski definition) is 1. The van der Waals surface area contributed by atoms with E-state index in [9.17, 15) is 13.2 Å². The summed E-state index contributed by atoms with van der Waals surface area (Å²) >= 11 is 0. The Morgan fingerprint density at radius 3 is 1.80 bits per heavy atom. The van der Waals surface area contributed by atoms with Crippen molar-refractivity contribution in [3.8, 4) is 0 Å². The average molecular weight is 327 g/mol. The third-order valence-electron chi connectivity index (χ3n) is 1.16. The highest BCUT2D eigenvalue weighted by molar-refractivity contribution is 7.80. The quantitative estimate of drug-likeness (QED) is 0.303. The highest BCUT2D eigenvalue weighted by atomic mass is 32.3. The van der Waals surface area contributed by atoms with Gasteiger partial charge in [0.1, 0.15) is 6.61 Å². The fourth-order valence-corrected chi connectivity index (χ4v) is 0.388. The molecular formula is C8H25NO10S. The molecule has 0 heterocycles. The molecule has 0 radical (unpaired) electrons. The van der Waals surface area contributed by atoms with Gasteiger partial charge in [0, 0.05) is 12.6 Å². The lowest BCUT2D eigenvalue weighted by molar-refractivity contribution is -0.137. The van der Waals surface area contributed by atoms with Crippen molar-refractivity contribution in [2.75, 3.05) is 34.4 Å². The van der Waals surface area contributed by atoms with E-state index in [-0.39, 0.29) is 27.9 Å². The Labute approximate surface area is 118 Å². The Balaban J connectivity index is -0.0000000440. The zero-order chi connectivity index (χ0) is 13.2. The summed E-state index contributed by atoms with van der Waals surface area (Å²) in [6.45, 7) is 4.45. The maximum atomic E-state index is 10.4. The summed E-state index contributed by atoms with van der Waals surface area (Å²) in [6, 6.07) is 0. The first-order valence-corrected chi connectivity index (χ1v) is 5.56. The largest absolute Gasteiger partial charge is 0.461 e. The minimum absolute atomic E-state index is 0. The molecule has 11 nitrogen and oxygen atoms in total. The van der Waals surface area contributed by atoms with Crippen LogP contribution in [0, 0.1) is 0 Å². The van der Waals surface area contributed by atoms with Crippen LogP contribution in [0.15, 0.2) is 12.7 Å². The summed E-state index contributed by atoms with van der Waals surface area (Å²) in [7, 11) is 0.545. The Morgan fingerprint density at radius 2 is 1.60 bits per heavy atom. The van der Waals surface area contributed by atoms with Crippen LogP contribution in [0.5, 0.6) is 0 Å². The summed E-state index contributed by atoms with van der Waals surface area (Å²) in [5, 5.41) is 0. The van der Waals surface area contributed by atoms with Gasteiger partial charge in [0.15, 0.2) is 0 Å². The summed E-state index contributed by atoms with van der Waals surface area (Å²) in [5.74, 6) is -0.359. The van der Waals surface area contributed by atoms with Crippen LogP contribution in [0.3, 0.4) is 0 Å². The summed E-state index contributed by atoms with van der Waals surface area (Å²) < 4.78 is 34.4. The molecule has 0 amide bonds. The van der Waals surface area contributed by atoms with Gasteiger partial charge < -0.3 is 31.5 Å². The van der Waals surface area contributed by atoms with E-state index in [0.29, 0.717) is 6.61 Å². The van der Waals surface area contributed by atoms with Gasteiger partial charge in [-0.05, 0) is 14.1 Å². The summed E-state index contributed by atoms with van der Waals surface area (Å²) in [6.07, 6.45) is 1.16. The van der Waals surface area contributed by atoms with Crippen molar-refractivity contribution in [1.82, 2.24) is 4.90 Å². The molecule has 0 aromatic heterocycles. The second kappa shape index (κ2) is 20.2. The van der Waals surface area contributed by atoms with Crippen molar-refractivity contribution < 1.29 is 48.6 Å². The van der Waals surface area contributed by atoms with Crippen molar-refractivity contribution in [2.24, 2.45) is 0 Å². The number of esters is 1. The van der Waals surface area contributed by atoms with Crippen molar-refractivity contribution in [2.45, 2.75) is 0 Å². The van der Waals surface area contributed by atoms with Crippen molar-refractivity contribution in [3.05, 3.63) is 12.7 Å². The molecule has 128 valence electrons. The fourth-order valence-electron chi connectivity index (χ4n) is 0.388. The molecule has 0 aliphatic rings. The Kier molecular flexibility index (Phi) is 36.8. The molecule has 0 aliphatic carbocycles. The summed E-state index contributed by atoms with van der Waals surface area (Å²) in [5.41, 5.74) is 0. The predicted molar refractivity (Wildman–Crippen MR) is 72.7 cm³/mol. The van der Waals surface area contributed by atoms with Gasteiger partial charge in [0.25, 0.3) is 0 Å². The molecular weight excluding hydrogens is 302 g/mol. The molecule has 20 heavy (non-hydrogen) atoms. The highest BCUT2D eigenvalue weighted by Crippen LogP contribution is 1.80. The Morgan fingerprint density at radius 1 is 1.25 bits per heavy atom. The van der Waals surface area contributed by atoms with E-state index in [0.717, 1.165) is 19.7 Å². The highest BCUT2D eigenvalue weighted by Gasteiger charge is 1.94. The minimum Gasteiger partial charge on any atom is -0.461 e. The van der Waals surface area contributed by atoms with Crippen molar-refractivity contribution >= 4 is 16.4 Å². The number of likely N-dealkylation sites (N-methyl/N-ethyl adjacent to an activating group) is 1. The van der Waals surface area contributed by atoms with E-state index in [1.54, 1.807) is 0 Å². The Bertz CT molecular complexity index is 302. The third kappa shape index (κ3) is 43.6. The lowest BCUT2D eigenvalue weighted by Crippen LogP contribution is -2.19. The van der Waals surface area contributed by atoms with Gasteiger partial charge in [-0.2, -0.15) is 8.42 Å². The van der Waals surface area contributed by atoms with Gasteiger partial charge >= 0.3 is 16.4 Å². The van der Waals surface area contributed by atoms with E-state index in [1.165, 1.54) is 0 Å². The predicted octanol–water partition coefficient (Wildman–Crippen LogP) is -3.59. The Hall–Kier alpha value is -1.12. The first-order chi connectivity index (χ1) is 7.22. The van der Waals surface area contributed by atoms with E-state index in [1.807, 2.05) is 19.0 Å². The normalized spacial score (nSPS) is 8.25. The van der Waals surface area contributed by atoms with E-state index in [2.05, 4.69) is 10.8 Å². The van der Waals surface area contributed by atoms with Crippen LogP contribution < -0.4 is 0 Å². The monoisotopic (exact) mass is 327 g/mol. The zero-order valence-corrected chi connectivity index (χ0v) is 12.4. The molecule has 0 aromatic carbocycles. The molecule has 0 saturated carbocycles. The maximum absolute atomic E-state index is 10.4. The van der Waals surface area contributed by atoms with Crippen LogP contribution in [0.1, 0.15) is 0 Å². The lowest BCUT2D eigenvalue weighted by Gasteiger charge is -2.07. The van der Waals surface area contributed by atoms with Crippen molar-refractivity contribution in [3.63, 3.8) is 0 Å². The van der Waals surface area contributed by atoms with Gasteiger partial charge in [-0.3, -0.25) is 8.74 Å². The molecule has 0 aromatic rings. The SMILES string of the molecule is C=CC(=O)OCCN(C)C.COS(=O)(=O)O.O.O.O.O. The maximum Gasteiger partial charge on any atom is 0.397 e. The third-order valence-corrected chi connectivity index (χ3v) is 1.58. The van der Waals surface area contributed by atoms with Crippen LogP contribution in [0.4, 0.5) is 0 Å². The van der Waals surface area contributed by atoms with Crippen LogP contribution in [-0.4, -0.2) is 80.1 Å². The van der Waals surface area contributed by atoms with Gasteiger partial charge in [-0.15, -0.1) is 0 Å². The summed E-state index contributed by atoms with van der Waals surface area (Å²) in [4.78, 5) is 12.4. The van der Waals surface area contributed by atoms with Gasteiger partial charge in [0.05, 0.1) is 7.11 Å². The molecule has 0 saturated heterocycles. The molecule has 0 rings (SSSR count). The van der Waals surface area contributed by atoms with Crippen LogP contribution >= 0.6 is 0 Å². The molecule has 0 bridgehead atoms. The number of carbonyl (C=O) groups excluding carboxylic acids is 1. The van der Waals surface area contributed by atoms with Crippen LogP contribution in [-0.2, 0) is 24.1 Å². The first-order valence-electron chi connectivity index (χ1n) is 4.20. The van der Waals surface area contributed by atoms with E-state index in [4.69, 9.17) is 9.29 Å². The second-order valence-corrected chi connectivity index (χ2v) is 3.96. The standard InChI is InChI=1S/C7H13NO2.CH4O4S.4H2O/c1-4-7(9)10-6-5-8(2)3;1-5-6(2,3)4;;;;/h4H,1,5-6H2,2-3H3;1H3,(H,2,3,4);4*1H2. The molecule has 0 fully saturated rings. The molecule has 0 spiro atoms. The zero-order valence-electron chi connectivity index (χ0n) is 11.5. The molecule has 9 N–H and O–H groups in total. The number of carbonyl (C=O) groups is 1. The van der Waals surface area contributed by atoms with Gasteiger partial charge in [0.2, 0.25) is 0 Å². The number of nitrogens with zero attached hydrogens (tertiary/aromatic N) is 1. The number of rotatable bonds is 5. The van der Waals surface area contributed by atoms with Gasteiger partial charge in [-0.1, -0.05) is 6.58 Å².